The molecular weight excluding hydrogens is 310 g/mol. The molecular formula is C14H12ClN3O4. The van der Waals surface area contributed by atoms with Crippen LogP contribution in [-0.4, -0.2) is 27.8 Å². The van der Waals surface area contributed by atoms with Gasteiger partial charge in [0.1, 0.15) is 0 Å². The zero-order valence-corrected chi connectivity index (χ0v) is 12.3. The van der Waals surface area contributed by atoms with Crippen LogP contribution in [-0.2, 0) is 6.54 Å². The lowest BCUT2D eigenvalue weighted by Gasteiger charge is -2.17. The zero-order chi connectivity index (χ0) is 16.3. The Morgan fingerprint density at radius 3 is 2.68 bits per heavy atom. The quantitative estimate of drug-likeness (QED) is 0.689. The summed E-state index contributed by atoms with van der Waals surface area (Å²) < 4.78 is 0. The van der Waals surface area contributed by atoms with Crippen molar-refractivity contribution in [1.82, 2.24) is 9.88 Å². The zero-order valence-electron chi connectivity index (χ0n) is 11.6. The Balaban J connectivity index is 2.21. The number of H-pyrrole nitrogens is 1. The van der Waals surface area contributed by atoms with Gasteiger partial charge in [0, 0.05) is 43.0 Å². The number of pyridine rings is 1. The Hall–Kier alpha value is -2.67. The Labute approximate surface area is 130 Å². The number of nitrogens with one attached hydrogen (secondary N) is 1. The standard InChI is InChI=1S/C14H12ClN3O4/c1-17(14(20)9-2-5-13(19)16-7-9)8-10-6-11(18(21)22)3-4-12(10)15/h2-7H,8H2,1H3,(H,16,19). The minimum Gasteiger partial charge on any atom is -0.337 e. The smallest absolute Gasteiger partial charge is 0.269 e. The summed E-state index contributed by atoms with van der Waals surface area (Å²) in [5, 5.41) is 11.1. The summed E-state index contributed by atoms with van der Waals surface area (Å²) in [6.07, 6.45) is 1.32. The number of carbonyl (C=O) groups excluding carboxylic acids is 1. The average Bonchev–Trinajstić information content (AvgIpc) is 2.49. The van der Waals surface area contributed by atoms with Crippen molar-refractivity contribution in [3.8, 4) is 0 Å². The molecule has 114 valence electrons. The predicted molar refractivity (Wildman–Crippen MR) is 81.0 cm³/mol. The maximum atomic E-state index is 12.2. The molecule has 1 aromatic heterocycles. The molecule has 8 heteroatoms. The summed E-state index contributed by atoms with van der Waals surface area (Å²) in [6, 6.07) is 6.72. The summed E-state index contributed by atoms with van der Waals surface area (Å²) >= 11 is 6.01. The van der Waals surface area contributed by atoms with E-state index in [0.29, 0.717) is 16.1 Å². The van der Waals surface area contributed by atoms with Crippen LogP contribution in [0.4, 0.5) is 5.69 Å². The topological polar surface area (TPSA) is 96.3 Å². The molecule has 0 saturated carbocycles. The molecule has 7 nitrogen and oxygen atoms in total. The van der Waals surface area contributed by atoms with Crippen molar-refractivity contribution in [3.63, 3.8) is 0 Å². The van der Waals surface area contributed by atoms with E-state index in [1.54, 1.807) is 7.05 Å². The van der Waals surface area contributed by atoms with Gasteiger partial charge >= 0.3 is 0 Å². The number of nitro groups is 1. The van der Waals surface area contributed by atoms with Crippen LogP contribution in [0.25, 0.3) is 0 Å². The maximum Gasteiger partial charge on any atom is 0.269 e. The average molecular weight is 322 g/mol. The largest absolute Gasteiger partial charge is 0.337 e. The molecule has 2 rings (SSSR count). The summed E-state index contributed by atoms with van der Waals surface area (Å²) in [7, 11) is 1.54. The number of hydrogen-bond acceptors (Lipinski definition) is 4. The lowest BCUT2D eigenvalue weighted by atomic mass is 10.1. The van der Waals surface area contributed by atoms with Crippen LogP contribution < -0.4 is 5.56 Å². The number of nitrogens with zero attached hydrogens (tertiary/aromatic N) is 2. The first kappa shape index (κ1) is 15.7. The molecule has 0 aliphatic rings. The van der Waals surface area contributed by atoms with Crippen molar-refractivity contribution in [2.45, 2.75) is 6.54 Å². The van der Waals surface area contributed by atoms with Gasteiger partial charge in [-0.1, -0.05) is 11.6 Å². The second-order valence-electron chi connectivity index (χ2n) is 4.64. The Morgan fingerprint density at radius 2 is 2.09 bits per heavy atom. The number of nitro benzene ring substituents is 1. The molecule has 0 aliphatic heterocycles. The predicted octanol–water partition coefficient (Wildman–Crippen LogP) is 2.21. The second-order valence-corrected chi connectivity index (χ2v) is 5.04. The molecule has 22 heavy (non-hydrogen) atoms. The van der Waals surface area contributed by atoms with Crippen LogP contribution in [0.15, 0.2) is 41.3 Å². The number of aromatic nitrogens is 1. The van der Waals surface area contributed by atoms with Gasteiger partial charge in [-0.25, -0.2) is 0 Å². The minimum absolute atomic E-state index is 0.0932. The van der Waals surface area contributed by atoms with Crippen molar-refractivity contribution in [2.24, 2.45) is 0 Å². The highest BCUT2D eigenvalue weighted by molar-refractivity contribution is 6.31. The van der Waals surface area contributed by atoms with Crippen molar-refractivity contribution in [3.05, 3.63) is 73.1 Å². The van der Waals surface area contributed by atoms with Crippen molar-refractivity contribution in [2.75, 3.05) is 7.05 Å². The van der Waals surface area contributed by atoms with Crippen molar-refractivity contribution < 1.29 is 9.72 Å². The van der Waals surface area contributed by atoms with Crippen LogP contribution in [0.2, 0.25) is 5.02 Å². The Bertz CT molecular complexity index is 767. The third kappa shape index (κ3) is 3.50. The molecule has 0 bridgehead atoms. The molecule has 1 aromatic carbocycles. The Kier molecular flexibility index (Phi) is 4.57. The highest BCUT2D eigenvalue weighted by Gasteiger charge is 2.16. The van der Waals surface area contributed by atoms with Gasteiger partial charge in [0.25, 0.3) is 11.6 Å². The fraction of sp³-hybridized carbons (Fsp3) is 0.143. The first-order valence-electron chi connectivity index (χ1n) is 6.25. The van der Waals surface area contributed by atoms with Crippen molar-refractivity contribution >= 4 is 23.2 Å². The number of aromatic amines is 1. The van der Waals surface area contributed by atoms with E-state index in [2.05, 4.69) is 4.98 Å². The second kappa shape index (κ2) is 6.40. The van der Waals surface area contributed by atoms with E-state index >= 15 is 0 Å². The monoisotopic (exact) mass is 321 g/mol. The van der Waals surface area contributed by atoms with Gasteiger partial charge in [0.05, 0.1) is 10.5 Å². The van der Waals surface area contributed by atoms with E-state index in [0.717, 1.165) is 0 Å². The highest BCUT2D eigenvalue weighted by Crippen LogP contribution is 2.23. The van der Waals surface area contributed by atoms with Gasteiger partial charge in [-0.15, -0.1) is 0 Å². The molecule has 0 radical (unpaired) electrons. The number of rotatable bonds is 4. The molecule has 0 spiro atoms. The summed E-state index contributed by atoms with van der Waals surface area (Å²) in [6.45, 7) is 0.110. The van der Waals surface area contributed by atoms with Gasteiger partial charge in [0.2, 0.25) is 5.56 Å². The van der Waals surface area contributed by atoms with Crippen LogP contribution >= 0.6 is 11.6 Å². The van der Waals surface area contributed by atoms with Crippen LogP contribution in [0, 0.1) is 10.1 Å². The third-order valence-corrected chi connectivity index (χ3v) is 3.39. The van der Waals surface area contributed by atoms with Crippen molar-refractivity contribution in [1.29, 1.82) is 0 Å². The third-order valence-electron chi connectivity index (χ3n) is 3.03. The summed E-state index contributed by atoms with van der Waals surface area (Å²) in [5.41, 5.74) is 0.380. The van der Waals surface area contributed by atoms with E-state index < -0.39 is 4.92 Å². The Morgan fingerprint density at radius 1 is 1.36 bits per heavy atom. The van der Waals surface area contributed by atoms with Crippen LogP contribution in [0.5, 0.6) is 0 Å². The normalized spacial score (nSPS) is 10.3. The molecule has 2 aromatic rings. The summed E-state index contributed by atoms with van der Waals surface area (Å²) in [4.78, 5) is 37.2. The van der Waals surface area contributed by atoms with E-state index in [1.807, 2.05) is 0 Å². The van der Waals surface area contributed by atoms with E-state index in [-0.39, 0.29) is 23.7 Å². The highest BCUT2D eigenvalue weighted by atomic mass is 35.5. The minimum atomic E-state index is -0.524. The molecule has 0 fully saturated rings. The van der Waals surface area contributed by atoms with Gasteiger partial charge in [0.15, 0.2) is 0 Å². The number of carbonyl (C=O) groups is 1. The number of benzene rings is 1. The van der Waals surface area contributed by atoms with Crippen LogP contribution in [0.1, 0.15) is 15.9 Å². The number of hydrogen-bond donors (Lipinski definition) is 1. The van der Waals surface area contributed by atoms with E-state index in [9.17, 15) is 19.7 Å². The molecule has 0 aliphatic carbocycles. The van der Waals surface area contributed by atoms with Gasteiger partial charge < -0.3 is 9.88 Å². The number of amides is 1. The maximum absolute atomic E-state index is 12.2. The molecule has 1 heterocycles. The van der Waals surface area contributed by atoms with E-state index in [1.165, 1.54) is 41.4 Å². The van der Waals surface area contributed by atoms with Crippen LogP contribution in [0.3, 0.4) is 0 Å². The number of halogens is 1. The molecule has 0 unspecified atom stereocenters. The fourth-order valence-electron chi connectivity index (χ4n) is 1.89. The van der Waals surface area contributed by atoms with Gasteiger partial charge in [-0.3, -0.25) is 19.7 Å². The number of non-ortho nitro benzene ring substituents is 1. The first-order chi connectivity index (χ1) is 10.4. The molecule has 1 amide bonds. The first-order valence-corrected chi connectivity index (χ1v) is 6.63. The van der Waals surface area contributed by atoms with Gasteiger partial charge in [-0.05, 0) is 17.7 Å². The lowest BCUT2D eigenvalue weighted by Crippen LogP contribution is -2.27. The SMILES string of the molecule is CN(Cc1cc([N+](=O)[O-])ccc1Cl)C(=O)c1ccc(=O)[nH]c1. The fourth-order valence-corrected chi connectivity index (χ4v) is 2.06. The van der Waals surface area contributed by atoms with E-state index in [4.69, 9.17) is 11.6 Å². The summed E-state index contributed by atoms with van der Waals surface area (Å²) in [5.74, 6) is -0.334. The molecule has 0 atom stereocenters. The lowest BCUT2D eigenvalue weighted by molar-refractivity contribution is -0.384. The van der Waals surface area contributed by atoms with Gasteiger partial charge in [-0.2, -0.15) is 0 Å². The molecule has 1 N–H and O–H groups in total. The molecule has 0 saturated heterocycles.